The van der Waals surface area contributed by atoms with Gasteiger partial charge in [0, 0.05) is 26.7 Å². The van der Waals surface area contributed by atoms with Gasteiger partial charge in [-0.3, -0.25) is 4.99 Å². The Morgan fingerprint density at radius 2 is 2.09 bits per heavy atom. The van der Waals surface area contributed by atoms with E-state index in [2.05, 4.69) is 22.5 Å². The van der Waals surface area contributed by atoms with Gasteiger partial charge in [-0.1, -0.05) is 12.1 Å². The van der Waals surface area contributed by atoms with Crippen molar-refractivity contribution in [3.8, 4) is 5.75 Å². The Balaban J connectivity index is 1.65. The molecule has 1 saturated heterocycles. The van der Waals surface area contributed by atoms with Crippen LogP contribution in [-0.2, 0) is 11.2 Å². The second-order valence-corrected chi connectivity index (χ2v) is 6.02. The quantitative estimate of drug-likeness (QED) is 0.427. The van der Waals surface area contributed by atoms with E-state index in [9.17, 15) is 5.11 Å². The minimum atomic E-state index is -0.0658. The molecule has 2 rings (SSSR count). The maximum atomic E-state index is 9.26. The van der Waals surface area contributed by atoms with E-state index in [0.29, 0.717) is 5.75 Å². The number of nitrogens with one attached hydrogen (secondary N) is 2. The SMILES string of the molecule is CN=C(NCCCc1ccc(O)cc1)NCC1(C)CCCO1. The van der Waals surface area contributed by atoms with Crippen LogP contribution < -0.4 is 10.6 Å². The van der Waals surface area contributed by atoms with E-state index in [4.69, 9.17) is 4.74 Å². The van der Waals surface area contributed by atoms with Gasteiger partial charge in [-0.2, -0.15) is 0 Å². The molecule has 1 aromatic carbocycles. The lowest BCUT2D eigenvalue weighted by molar-refractivity contribution is 0.0243. The highest BCUT2D eigenvalue weighted by molar-refractivity contribution is 5.79. The number of nitrogens with zero attached hydrogens (tertiary/aromatic N) is 1. The van der Waals surface area contributed by atoms with Gasteiger partial charge in [0.2, 0.25) is 0 Å². The van der Waals surface area contributed by atoms with Gasteiger partial charge in [0.05, 0.1) is 5.60 Å². The summed E-state index contributed by atoms with van der Waals surface area (Å²) in [6.45, 7) is 4.64. The van der Waals surface area contributed by atoms with Crippen molar-refractivity contribution in [2.75, 3.05) is 26.7 Å². The molecule has 1 atom stereocenters. The van der Waals surface area contributed by atoms with Crippen molar-refractivity contribution in [3.63, 3.8) is 0 Å². The Labute approximate surface area is 132 Å². The van der Waals surface area contributed by atoms with Crippen LogP contribution in [0.15, 0.2) is 29.3 Å². The standard InChI is InChI=1S/C17H27N3O2/c1-17(10-4-12-22-17)13-20-16(18-2)19-11-3-5-14-6-8-15(21)9-7-14/h6-9,21H,3-5,10-13H2,1-2H3,(H2,18,19,20). The van der Waals surface area contributed by atoms with Crippen molar-refractivity contribution < 1.29 is 9.84 Å². The second-order valence-electron chi connectivity index (χ2n) is 6.02. The lowest BCUT2D eigenvalue weighted by atomic mass is 10.0. The summed E-state index contributed by atoms with van der Waals surface area (Å²) in [4.78, 5) is 4.24. The normalized spacial score (nSPS) is 21.8. The van der Waals surface area contributed by atoms with Crippen LogP contribution in [0.25, 0.3) is 0 Å². The summed E-state index contributed by atoms with van der Waals surface area (Å²) in [6, 6.07) is 7.37. The first-order chi connectivity index (χ1) is 10.6. The zero-order valence-electron chi connectivity index (χ0n) is 13.6. The summed E-state index contributed by atoms with van der Waals surface area (Å²) in [7, 11) is 1.78. The maximum Gasteiger partial charge on any atom is 0.191 e. The first kappa shape index (κ1) is 16.6. The Morgan fingerprint density at radius 3 is 2.73 bits per heavy atom. The molecular formula is C17H27N3O2. The third-order valence-electron chi connectivity index (χ3n) is 4.02. The number of guanidine groups is 1. The predicted octanol–water partition coefficient (Wildman–Crippen LogP) is 2.06. The summed E-state index contributed by atoms with van der Waals surface area (Å²) in [5, 5.41) is 15.9. The molecule has 5 heteroatoms. The smallest absolute Gasteiger partial charge is 0.191 e. The third kappa shape index (κ3) is 5.22. The average Bonchev–Trinajstić information content (AvgIpc) is 2.95. The monoisotopic (exact) mass is 305 g/mol. The Morgan fingerprint density at radius 1 is 1.32 bits per heavy atom. The fourth-order valence-corrected chi connectivity index (χ4v) is 2.63. The van der Waals surface area contributed by atoms with E-state index < -0.39 is 0 Å². The van der Waals surface area contributed by atoms with Gasteiger partial charge in [0.1, 0.15) is 5.75 Å². The molecule has 1 heterocycles. The lowest BCUT2D eigenvalue weighted by Crippen LogP contribution is -2.45. The van der Waals surface area contributed by atoms with Crippen LogP contribution in [0.2, 0.25) is 0 Å². The molecule has 0 saturated carbocycles. The van der Waals surface area contributed by atoms with Gasteiger partial charge >= 0.3 is 0 Å². The summed E-state index contributed by atoms with van der Waals surface area (Å²) >= 11 is 0. The molecule has 122 valence electrons. The van der Waals surface area contributed by atoms with E-state index in [1.165, 1.54) is 5.56 Å². The summed E-state index contributed by atoms with van der Waals surface area (Å²) in [5.41, 5.74) is 1.17. The fourth-order valence-electron chi connectivity index (χ4n) is 2.63. The molecule has 0 aromatic heterocycles. The van der Waals surface area contributed by atoms with Crippen molar-refractivity contribution in [3.05, 3.63) is 29.8 Å². The Hall–Kier alpha value is -1.75. The van der Waals surface area contributed by atoms with Gasteiger partial charge in [-0.15, -0.1) is 0 Å². The number of aryl methyl sites for hydroxylation is 1. The van der Waals surface area contributed by atoms with Gasteiger partial charge in [-0.25, -0.2) is 0 Å². The summed E-state index contributed by atoms with van der Waals surface area (Å²) in [6.07, 6.45) is 4.22. The molecule has 1 fully saturated rings. The molecule has 1 unspecified atom stereocenters. The topological polar surface area (TPSA) is 65.9 Å². The van der Waals surface area contributed by atoms with Crippen molar-refractivity contribution in [1.29, 1.82) is 0 Å². The van der Waals surface area contributed by atoms with Crippen molar-refractivity contribution in [2.45, 2.75) is 38.2 Å². The molecule has 1 aliphatic heterocycles. The molecule has 0 radical (unpaired) electrons. The second kappa shape index (κ2) is 8.03. The number of hydrogen-bond acceptors (Lipinski definition) is 3. The molecule has 1 aromatic rings. The van der Waals surface area contributed by atoms with Crippen molar-refractivity contribution in [1.82, 2.24) is 10.6 Å². The minimum Gasteiger partial charge on any atom is -0.508 e. The van der Waals surface area contributed by atoms with Gasteiger partial charge in [0.15, 0.2) is 5.96 Å². The molecular weight excluding hydrogens is 278 g/mol. The average molecular weight is 305 g/mol. The Bertz CT molecular complexity index is 479. The number of aliphatic imine (C=N–C) groups is 1. The van der Waals surface area contributed by atoms with Crippen LogP contribution in [0.1, 0.15) is 31.7 Å². The molecule has 5 nitrogen and oxygen atoms in total. The predicted molar refractivity (Wildman–Crippen MR) is 89.4 cm³/mol. The maximum absolute atomic E-state index is 9.26. The van der Waals surface area contributed by atoms with E-state index >= 15 is 0 Å². The molecule has 0 amide bonds. The van der Waals surface area contributed by atoms with Crippen LogP contribution in [-0.4, -0.2) is 43.4 Å². The Kier molecular flexibility index (Phi) is 6.07. The number of phenols is 1. The highest BCUT2D eigenvalue weighted by atomic mass is 16.5. The number of benzene rings is 1. The van der Waals surface area contributed by atoms with Crippen LogP contribution in [0.4, 0.5) is 0 Å². The molecule has 0 aliphatic carbocycles. The van der Waals surface area contributed by atoms with Crippen LogP contribution in [0.5, 0.6) is 5.75 Å². The van der Waals surface area contributed by atoms with Crippen LogP contribution >= 0.6 is 0 Å². The first-order valence-electron chi connectivity index (χ1n) is 7.98. The summed E-state index contributed by atoms with van der Waals surface area (Å²) in [5.74, 6) is 1.14. The first-order valence-corrected chi connectivity index (χ1v) is 7.98. The molecule has 0 spiro atoms. The minimum absolute atomic E-state index is 0.0658. The number of rotatable bonds is 6. The van der Waals surface area contributed by atoms with Crippen molar-refractivity contribution in [2.24, 2.45) is 4.99 Å². The highest BCUT2D eigenvalue weighted by Crippen LogP contribution is 2.23. The largest absolute Gasteiger partial charge is 0.508 e. The summed E-state index contributed by atoms with van der Waals surface area (Å²) < 4.78 is 5.76. The van der Waals surface area contributed by atoms with Crippen LogP contribution in [0.3, 0.4) is 0 Å². The van der Waals surface area contributed by atoms with E-state index in [1.807, 2.05) is 12.1 Å². The molecule has 3 N–H and O–H groups in total. The molecule has 1 aliphatic rings. The van der Waals surface area contributed by atoms with E-state index in [0.717, 1.165) is 51.3 Å². The van der Waals surface area contributed by atoms with E-state index in [1.54, 1.807) is 19.2 Å². The van der Waals surface area contributed by atoms with Gasteiger partial charge < -0.3 is 20.5 Å². The van der Waals surface area contributed by atoms with Crippen LogP contribution in [0, 0.1) is 0 Å². The van der Waals surface area contributed by atoms with Gasteiger partial charge in [-0.05, 0) is 50.3 Å². The zero-order chi connectivity index (χ0) is 15.8. The number of ether oxygens (including phenoxy) is 1. The molecule has 22 heavy (non-hydrogen) atoms. The van der Waals surface area contributed by atoms with E-state index in [-0.39, 0.29) is 5.60 Å². The number of phenolic OH excluding ortho intramolecular Hbond substituents is 1. The fraction of sp³-hybridized carbons (Fsp3) is 0.588. The van der Waals surface area contributed by atoms with Crippen molar-refractivity contribution >= 4 is 5.96 Å². The third-order valence-corrected chi connectivity index (χ3v) is 4.02. The zero-order valence-corrected chi connectivity index (χ0v) is 13.6. The lowest BCUT2D eigenvalue weighted by Gasteiger charge is -2.24. The number of aromatic hydroxyl groups is 1. The number of hydrogen-bond donors (Lipinski definition) is 3. The molecule has 0 bridgehead atoms. The van der Waals surface area contributed by atoms with Gasteiger partial charge in [0.25, 0.3) is 0 Å². The highest BCUT2D eigenvalue weighted by Gasteiger charge is 2.29.